The summed E-state index contributed by atoms with van der Waals surface area (Å²) < 4.78 is 5.72. The van der Waals surface area contributed by atoms with Gasteiger partial charge in [0.1, 0.15) is 5.75 Å². The summed E-state index contributed by atoms with van der Waals surface area (Å²) in [5.41, 5.74) is 2.11. The van der Waals surface area contributed by atoms with Crippen molar-refractivity contribution in [3.05, 3.63) is 23.8 Å². The first-order valence-electron chi connectivity index (χ1n) is 6.81. The van der Waals surface area contributed by atoms with Crippen LogP contribution in [0.5, 0.6) is 5.75 Å². The molecule has 0 aliphatic carbocycles. The Labute approximate surface area is 114 Å². The van der Waals surface area contributed by atoms with E-state index in [9.17, 15) is 4.79 Å². The van der Waals surface area contributed by atoms with E-state index in [0.717, 1.165) is 24.4 Å². The van der Waals surface area contributed by atoms with Crippen molar-refractivity contribution in [1.82, 2.24) is 5.32 Å². The lowest BCUT2D eigenvalue weighted by atomic mass is 9.95. The summed E-state index contributed by atoms with van der Waals surface area (Å²) >= 11 is 0. The average molecular weight is 262 g/mol. The number of amides is 1. The summed E-state index contributed by atoms with van der Waals surface area (Å²) in [6.45, 7) is 4.92. The highest BCUT2D eigenvalue weighted by Crippen LogP contribution is 2.36. The quantitative estimate of drug-likeness (QED) is 0.904. The van der Waals surface area contributed by atoms with Gasteiger partial charge in [-0.05, 0) is 44.0 Å². The molecule has 1 aromatic rings. The Hall–Kier alpha value is -1.55. The fourth-order valence-electron chi connectivity index (χ4n) is 2.53. The number of benzene rings is 1. The number of likely N-dealkylation sites (N-methyl/N-ethyl adjacent to an activating group) is 2. The Kier molecular flexibility index (Phi) is 4.10. The monoisotopic (exact) mass is 262 g/mol. The number of rotatable bonds is 4. The minimum atomic E-state index is -0.405. The molecule has 1 aliphatic rings. The molecule has 1 aliphatic heterocycles. The maximum absolute atomic E-state index is 11.9. The van der Waals surface area contributed by atoms with Crippen LogP contribution < -0.4 is 15.0 Å². The van der Waals surface area contributed by atoms with Crippen LogP contribution in [0.3, 0.4) is 0 Å². The van der Waals surface area contributed by atoms with E-state index in [1.54, 1.807) is 18.9 Å². The van der Waals surface area contributed by atoms with Gasteiger partial charge < -0.3 is 15.0 Å². The van der Waals surface area contributed by atoms with Crippen LogP contribution in [0.1, 0.15) is 31.7 Å². The molecule has 104 valence electrons. The first-order chi connectivity index (χ1) is 9.08. The van der Waals surface area contributed by atoms with Crippen LogP contribution in [0.4, 0.5) is 5.69 Å². The average Bonchev–Trinajstić information content (AvgIpc) is 2.41. The molecule has 1 amide bonds. The van der Waals surface area contributed by atoms with Gasteiger partial charge in [0.25, 0.3) is 5.91 Å². The van der Waals surface area contributed by atoms with E-state index in [4.69, 9.17) is 4.74 Å². The van der Waals surface area contributed by atoms with Crippen molar-refractivity contribution in [2.45, 2.75) is 32.3 Å². The number of carbonyl (C=O) groups excluding carboxylic acids is 1. The standard InChI is InChI=1S/C15H22N2O2/c1-5-11(9-16-3)12-6-7-13-14(8-12)19-10(2)15(18)17(13)4/h6-8,10-11,16H,5,9H2,1-4H3. The number of ether oxygens (including phenoxy) is 1. The number of anilines is 1. The third-order valence-corrected chi connectivity index (χ3v) is 3.74. The third-order valence-electron chi connectivity index (χ3n) is 3.74. The van der Waals surface area contributed by atoms with Crippen molar-refractivity contribution in [3.63, 3.8) is 0 Å². The molecule has 0 saturated heterocycles. The first-order valence-corrected chi connectivity index (χ1v) is 6.81. The molecule has 4 heteroatoms. The number of fused-ring (bicyclic) bond motifs is 1. The molecule has 1 N–H and O–H groups in total. The first kappa shape index (κ1) is 13.9. The molecule has 0 spiro atoms. The third kappa shape index (κ3) is 2.59. The molecule has 0 fully saturated rings. The van der Waals surface area contributed by atoms with Crippen molar-refractivity contribution in [2.75, 3.05) is 25.5 Å². The van der Waals surface area contributed by atoms with Crippen LogP contribution >= 0.6 is 0 Å². The molecule has 19 heavy (non-hydrogen) atoms. The minimum absolute atomic E-state index is 0.00233. The second-order valence-electron chi connectivity index (χ2n) is 5.05. The Morgan fingerprint density at radius 1 is 1.47 bits per heavy atom. The van der Waals surface area contributed by atoms with E-state index in [1.807, 2.05) is 13.1 Å². The van der Waals surface area contributed by atoms with E-state index in [0.29, 0.717) is 5.92 Å². The van der Waals surface area contributed by atoms with Gasteiger partial charge in [-0.2, -0.15) is 0 Å². The Morgan fingerprint density at radius 2 is 2.21 bits per heavy atom. The molecule has 0 radical (unpaired) electrons. The Balaban J connectivity index is 2.33. The van der Waals surface area contributed by atoms with Gasteiger partial charge >= 0.3 is 0 Å². The van der Waals surface area contributed by atoms with E-state index >= 15 is 0 Å². The lowest BCUT2D eigenvalue weighted by molar-refractivity contribution is -0.125. The van der Waals surface area contributed by atoms with Crippen LogP contribution in [-0.4, -0.2) is 32.7 Å². The zero-order chi connectivity index (χ0) is 14.0. The number of nitrogens with one attached hydrogen (secondary N) is 1. The van der Waals surface area contributed by atoms with Gasteiger partial charge in [-0.15, -0.1) is 0 Å². The molecule has 2 unspecified atom stereocenters. The van der Waals surface area contributed by atoms with Gasteiger partial charge in [0.15, 0.2) is 6.10 Å². The summed E-state index contributed by atoms with van der Waals surface area (Å²) in [6, 6.07) is 6.14. The molecule has 4 nitrogen and oxygen atoms in total. The lowest BCUT2D eigenvalue weighted by Gasteiger charge is -2.31. The number of hydrogen-bond donors (Lipinski definition) is 1. The normalized spacial score (nSPS) is 19.9. The van der Waals surface area contributed by atoms with Crippen molar-refractivity contribution in [3.8, 4) is 5.75 Å². The molecule has 2 rings (SSSR count). The van der Waals surface area contributed by atoms with E-state index in [1.165, 1.54) is 5.56 Å². The van der Waals surface area contributed by atoms with Gasteiger partial charge in [-0.3, -0.25) is 4.79 Å². The largest absolute Gasteiger partial charge is 0.479 e. The van der Waals surface area contributed by atoms with Gasteiger partial charge in [0.2, 0.25) is 0 Å². The lowest BCUT2D eigenvalue weighted by Crippen LogP contribution is -2.42. The predicted molar refractivity (Wildman–Crippen MR) is 76.9 cm³/mol. The molecule has 1 heterocycles. The summed E-state index contributed by atoms with van der Waals surface area (Å²) in [5, 5.41) is 3.22. The van der Waals surface area contributed by atoms with Crippen LogP contribution in [0.25, 0.3) is 0 Å². The second-order valence-corrected chi connectivity index (χ2v) is 5.05. The molecular weight excluding hydrogens is 240 g/mol. The van der Waals surface area contributed by atoms with Crippen LogP contribution in [0.2, 0.25) is 0 Å². The van der Waals surface area contributed by atoms with Gasteiger partial charge in [0, 0.05) is 13.6 Å². The highest BCUT2D eigenvalue weighted by molar-refractivity contribution is 5.99. The van der Waals surface area contributed by atoms with E-state index in [2.05, 4.69) is 24.4 Å². The fraction of sp³-hybridized carbons (Fsp3) is 0.533. The molecule has 0 bridgehead atoms. The van der Waals surface area contributed by atoms with E-state index in [-0.39, 0.29) is 5.91 Å². The summed E-state index contributed by atoms with van der Waals surface area (Å²) in [6.07, 6.45) is 0.668. The summed E-state index contributed by atoms with van der Waals surface area (Å²) in [7, 11) is 3.76. The zero-order valence-electron chi connectivity index (χ0n) is 12.1. The molecule has 1 aromatic carbocycles. The predicted octanol–water partition coefficient (Wildman–Crippen LogP) is 2.14. The molecule has 0 aromatic heterocycles. The number of nitrogens with zero attached hydrogens (tertiary/aromatic N) is 1. The highest BCUT2D eigenvalue weighted by atomic mass is 16.5. The van der Waals surface area contributed by atoms with Crippen LogP contribution in [0.15, 0.2) is 18.2 Å². The van der Waals surface area contributed by atoms with Crippen molar-refractivity contribution >= 4 is 11.6 Å². The topological polar surface area (TPSA) is 41.6 Å². The van der Waals surface area contributed by atoms with Crippen LogP contribution in [-0.2, 0) is 4.79 Å². The van der Waals surface area contributed by atoms with E-state index < -0.39 is 6.10 Å². The summed E-state index contributed by atoms with van der Waals surface area (Å²) in [4.78, 5) is 13.5. The zero-order valence-corrected chi connectivity index (χ0v) is 12.1. The molecule has 0 saturated carbocycles. The maximum Gasteiger partial charge on any atom is 0.267 e. The number of carbonyl (C=O) groups is 1. The Morgan fingerprint density at radius 3 is 2.84 bits per heavy atom. The van der Waals surface area contributed by atoms with Gasteiger partial charge in [0.05, 0.1) is 5.69 Å². The van der Waals surface area contributed by atoms with Gasteiger partial charge in [-0.1, -0.05) is 13.0 Å². The minimum Gasteiger partial charge on any atom is -0.479 e. The van der Waals surface area contributed by atoms with Crippen LogP contribution in [0, 0.1) is 0 Å². The molecule has 2 atom stereocenters. The van der Waals surface area contributed by atoms with Crippen molar-refractivity contribution in [1.29, 1.82) is 0 Å². The summed E-state index contributed by atoms with van der Waals surface area (Å²) in [5.74, 6) is 1.28. The Bertz CT molecular complexity index is 473. The maximum atomic E-state index is 11.9. The van der Waals surface area contributed by atoms with Crippen molar-refractivity contribution in [2.24, 2.45) is 0 Å². The second kappa shape index (κ2) is 5.61. The number of hydrogen-bond acceptors (Lipinski definition) is 3. The van der Waals surface area contributed by atoms with Crippen molar-refractivity contribution < 1.29 is 9.53 Å². The fourth-order valence-corrected chi connectivity index (χ4v) is 2.53. The highest BCUT2D eigenvalue weighted by Gasteiger charge is 2.29. The SMILES string of the molecule is CCC(CNC)c1ccc2c(c1)OC(C)C(=O)N2C. The smallest absolute Gasteiger partial charge is 0.267 e. The van der Waals surface area contributed by atoms with Gasteiger partial charge in [-0.25, -0.2) is 0 Å². The molecular formula is C15H22N2O2.